The lowest BCUT2D eigenvalue weighted by atomic mass is 9.94. The van der Waals surface area contributed by atoms with Crippen LogP contribution in [0, 0.1) is 0 Å². The van der Waals surface area contributed by atoms with Gasteiger partial charge in [-0.05, 0) is 67.3 Å². The van der Waals surface area contributed by atoms with Gasteiger partial charge in [0, 0.05) is 57.7 Å². The fraction of sp³-hybridized carbons (Fsp3) is 0.520. The van der Waals surface area contributed by atoms with Crippen molar-refractivity contribution >= 4 is 11.4 Å². The summed E-state index contributed by atoms with van der Waals surface area (Å²) in [5.74, 6) is 0.915. The number of ether oxygens (including phenoxy) is 2. The summed E-state index contributed by atoms with van der Waals surface area (Å²) in [6.07, 6.45) is 2.32. The number of rotatable bonds is 7. The van der Waals surface area contributed by atoms with Crippen molar-refractivity contribution in [3.63, 3.8) is 0 Å². The minimum absolute atomic E-state index is 0.231. The summed E-state index contributed by atoms with van der Waals surface area (Å²) in [6, 6.07) is 15.3. The third-order valence-corrected chi connectivity index (χ3v) is 6.60. The highest BCUT2D eigenvalue weighted by Gasteiger charge is 2.24. The third-order valence-electron chi connectivity index (χ3n) is 6.60. The zero-order valence-electron chi connectivity index (χ0n) is 18.6. The third kappa shape index (κ3) is 4.73. The molecule has 1 fully saturated rings. The number of hydrogen-bond acceptors (Lipinski definition) is 5. The van der Waals surface area contributed by atoms with Crippen molar-refractivity contribution in [2.45, 2.75) is 25.9 Å². The van der Waals surface area contributed by atoms with Crippen LogP contribution in [0.2, 0.25) is 0 Å². The molecule has 5 heteroatoms. The molecule has 2 aliphatic rings. The molecule has 2 heterocycles. The van der Waals surface area contributed by atoms with E-state index >= 15 is 0 Å². The van der Waals surface area contributed by atoms with Crippen molar-refractivity contribution in [2.24, 2.45) is 0 Å². The molecule has 0 aromatic heterocycles. The second-order valence-corrected chi connectivity index (χ2v) is 8.32. The minimum Gasteiger partial charge on any atom is -0.497 e. The number of piperazine rings is 1. The Morgan fingerprint density at radius 3 is 2.53 bits per heavy atom. The Morgan fingerprint density at radius 2 is 1.83 bits per heavy atom. The van der Waals surface area contributed by atoms with Gasteiger partial charge in [-0.15, -0.1) is 0 Å². The van der Waals surface area contributed by atoms with Gasteiger partial charge in [-0.3, -0.25) is 4.90 Å². The van der Waals surface area contributed by atoms with E-state index in [0.717, 1.165) is 64.5 Å². The molecular formula is C25H35N3O2. The van der Waals surface area contributed by atoms with Crippen LogP contribution in [-0.4, -0.2) is 64.9 Å². The Kier molecular flexibility index (Phi) is 6.80. The van der Waals surface area contributed by atoms with Crippen molar-refractivity contribution in [3.05, 3.63) is 53.6 Å². The van der Waals surface area contributed by atoms with E-state index in [4.69, 9.17) is 9.47 Å². The van der Waals surface area contributed by atoms with Crippen LogP contribution >= 0.6 is 0 Å². The van der Waals surface area contributed by atoms with E-state index in [-0.39, 0.29) is 6.10 Å². The molecule has 30 heavy (non-hydrogen) atoms. The van der Waals surface area contributed by atoms with Crippen LogP contribution in [0.5, 0.6) is 5.75 Å². The lowest BCUT2D eigenvalue weighted by Crippen LogP contribution is -2.46. The molecule has 2 aliphatic heterocycles. The van der Waals surface area contributed by atoms with Gasteiger partial charge in [0.25, 0.3) is 0 Å². The van der Waals surface area contributed by atoms with E-state index in [2.05, 4.69) is 59.0 Å². The molecule has 0 aliphatic carbocycles. The summed E-state index contributed by atoms with van der Waals surface area (Å²) in [5, 5.41) is 0. The van der Waals surface area contributed by atoms with E-state index < -0.39 is 0 Å². The molecule has 0 unspecified atom stereocenters. The van der Waals surface area contributed by atoms with E-state index in [0.29, 0.717) is 0 Å². The molecule has 1 saturated heterocycles. The zero-order valence-corrected chi connectivity index (χ0v) is 18.6. The largest absolute Gasteiger partial charge is 0.497 e. The van der Waals surface area contributed by atoms with Crippen LogP contribution in [-0.2, 0) is 11.2 Å². The lowest BCUT2D eigenvalue weighted by Gasteiger charge is -2.37. The molecule has 0 bridgehead atoms. The summed E-state index contributed by atoms with van der Waals surface area (Å²) in [4.78, 5) is 7.35. The summed E-state index contributed by atoms with van der Waals surface area (Å²) in [7, 11) is 3.87. The van der Waals surface area contributed by atoms with Crippen LogP contribution < -0.4 is 14.5 Å². The summed E-state index contributed by atoms with van der Waals surface area (Å²) >= 11 is 0. The summed E-state index contributed by atoms with van der Waals surface area (Å²) < 4.78 is 11.4. The fourth-order valence-corrected chi connectivity index (χ4v) is 4.51. The highest BCUT2D eigenvalue weighted by molar-refractivity contribution is 5.52. The Morgan fingerprint density at radius 1 is 1.07 bits per heavy atom. The molecule has 2 aromatic carbocycles. The number of benzene rings is 2. The van der Waals surface area contributed by atoms with Crippen LogP contribution in [0.25, 0.3) is 0 Å². The quantitative estimate of drug-likeness (QED) is 0.690. The van der Waals surface area contributed by atoms with Gasteiger partial charge in [-0.25, -0.2) is 0 Å². The Balaban J connectivity index is 1.30. The molecule has 1 atom stereocenters. The standard InChI is InChI=1S/C25H35N3O2/c1-4-26(2)22-7-10-24-20(19-22)12-18-30-25(24)11-13-27-14-16-28(17-15-27)21-5-8-23(29-3)9-6-21/h5-10,19,25H,4,11-18H2,1-3H3/t25-/m0/s1. The van der Waals surface area contributed by atoms with E-state index in [9.17, 15) is 0 Å². The maximum atomic E-state index is 6.17. The average Bonchev–Trinajstić information content (AvgIpc) is 2.82. The second-order valence-electron chi connectivity index (χ2n) is 8.32. The van der Waals surface area contributed by atoms with Gasteiger partial charge in [0.2, 0.25) is 0 Å². The topological polar surface area (TPSA) is 28.2 Å². The summed E-state index contributed by atoms with van der Waals surface area (Å²) in [5.41, 5.74) is 5.46. The molecule has 162 valence electrons. The first kappa shape index (κ1) is 21.0. The Bertz CT molecular complexity index is 816. The van der Waals surface area contributed by atoms with Gasteiger partial charge in [0.1, 0.15) is 5.75 Å². The highest BCUT2D eigenvalue weighted by atomic mass is 16.5. The molecule has 0 saturated carbocycles. The maximum absolute atomic E-state index is 6.17. The molecule has 4 rings (SSSR count). The number of hydrogen-bond donors (Lipinski definition) is 0. The van der Waals surface area contributed by atoms with Crippen LogP contribution in [0.1, 0.15) is 30.6 Å². The van der Waals surface area contributed by atoms with Gasteiger partial charge in [0.05, 0.1) is 19.8 Å². The SMILES string of the molecule is CCN(C)c1ccc2c(c1)CCO[C@H]2CCN1CCN(c2ccc(OC)cc2)CC1. The predicted molar refractivity (Wildman–Crippen MR) is 124 cm³/mol. The van der Waals surface area contributed by atoms with Gasteiger partial charge in [0.15, 0.2) is 0 Å². The molecule has 2 aromatic rings. The first-order valence-corrected chi connectivity index (χ1v) is 11.2. The zero-order chi connectivity index (χ0) is 20.9. The summed E-state index contributed by atoms with van der Waals surface area (Å²) in [6.45, 7) is 9.50. The van der Waals surface area contributed by atoms with E-state index in [1.54, 1.807) is 7.11 Å². The number of fused-ring (bicyclic) bond motifs is 1. The highest BCUT2D eigenvalue weighted by Crippen LogP contribution is 2.32. The molecule has 5 nitrogen and oxygen atoms in total. The number of nitrogens with zero attached hydrogens (tertiary/aromatic N) is 3. The van der Waals surface area contributed by atoms with Crippen molar-refractivity contribution in [2.75, 3.05) is 69.8 Å². The van der Waals surface area contributed by atoms with Gasteiger partial charge in [-0.1, -0.05) is 6.07 Å². The lowest BCUT2D eigenvalue weighted by molar-refractivity contribution is 0.0289. The van der Waals surface area contributed by atoms with E-state index in [1.807, 2.05) is 12.1 Å². The first-order chi connectivity index (χ1) is 14.7. The second kappa shape index (κ2) is 9.71. The van der Waals surface area contributed by atoms with Crippen molar-refractivity contribution in [3.8, 4) is 5.75 Å². The molecule has 0 amide bonds. The Labute approximate surface area is 181 Å². The van der Waals surface area contributed by atoms with Crippen LogP contribution in [0.3, 0.4) is 0 Å². The van der Waals surface area contributed by atoms with Crippen LogP contribution in [0.15, 0.2) is 42.5 Å². The van der Waals surface area contributed by atoms with Gasteiger partial charge >= 0.3 is 0 Å². The average molecular weight is 410 g/mol. The molecule has 0 N–H and O–H groups in total. The minimum atomic E-state index is 0.231. The molecular weight excluding hydrogens is 374 g/mol. The Hall–Kier alpha value is -2.24. The van der Waals surface area contributed by atoms with Gasteiger partial charge in [-0.2, -0.15) is 0 Å². The molecule has 0 spiro atoms. The van der Waals surface area contributed by atoms with E-state index in [1.165, 1.54) is 22.5 Å². The van der Waals surface area contributed by atoms with Crippen LogP contribution in [0.4, 0.5) is 11.4 Å². The van der Waals surface area contributed by atoms with Crippen molar-refractivity contribution in [1.29, 1.82) is 0 Å². The smallest absolute Gasteiger partial charge is 0.119 e. The van der Waals surface area contributed by atoms with Crippen molar-refractivity contribution < 1.29 is 9.47 Å². The molecule has 0 radical (unpaired) electrons. The first-order valence-electron chi connectivity index (χ1n) is 11.2. The fourth-order valence-electron chi connectivity index (χ4n) is 4.51. The maximum Gasteiger partial charge on any atom is 0.119 e. The normalized spacial score (nSPS) is 19.4. The number of methoxy groups -OCH3 is 1. The predicted octanol–water partition coefficient (Wildman–Crippen LogP) is 3.98. The number of anilines is 2. The van der Waals surface area contributed by atoms with Gasteiger partial charge < -0.3 is 19.3 Å². The van der Waals surface area contributed by atoms with Crippen molar-refractivity contribution in [1.82, 2.24) is 4.90 Å². The monoisotopic (exact) mass is 409 g/mol.